The third-order valence-corrected chi connectivity index (χ3v) is 5.27. The molecule has 130 valence electrons. The van der Waals surface area contributed by atoms with Crippen LogP contribution in [-0.4, -0.2) is 73.6 Å². The first-order chi connectivity index (χ1) is 10.5. The molecule has 3 heteroatoms. The number of piperazine rings is 1. The monoisotopic (exact) mass is 309 g/mol. The Morgan fingerprint density at radius 1 is 0.682 bits per heavy atom. The molecule has 2 heterocycles. The van der Waals surface area contributed by atoms with Crippen molar-refractivity contribution in [3.8, 4) is 0 Å². The molecule has 2 rings (SSSR count). The lowest BCUT2D eigenvalue weighted by Gasteiger charge is -2.37. The van der Waals surface area contributed by atoms with Crippen molar-refractivity contribution in [1.29, 1.82) is 0 Å². The van der Waals surface area contributed by atoms with Gasteiger partial charge in [0.25, 0.3) is 0 Å². The Balaban J connectivity index is 1.56. The highest BCUT2D eigenvalue weighted by molar-refractivity contribution is 4.77. The molecule has 0 unspecified atom stereocenters. The van der Waals surface area contributed by atoms with E-state index < -0.39 is 0 Å². The number of hydrogen-bond acceptors (Lipinski definition) is 3. The first-order valence-corrected chi connectivity index (χ1v) is 9.70. The van der Waals surface area contributed by atoms with E-state index in [0.29, 0.717) is 0 Å². The summed E-state index contributed by atoms with van der Waals surface area (Å²) in [5.74, 6) is 2.61. The lowest BCUT2D eigenvalue weighted by atomic mass is 9.93. The van der Waals surface area contributed by atoms with Gasteiger partial charge in [-0.25, -0.2) is 0 Å². The quantitative estimate of drug-likeness (QED) is 0.716. The third-order valence-electron chi connectivity index (χ3n) is 5.27. The zero-order valence-electron chi connectivity index (χ0n) is 15.6. The summed E-state index contributed by atoms with van der Waals surface area (Å²) in [6, 6.07) is 0. The highest BCUT2D eigenvalue weighted by Gasteiger charge is 2.22. The standard InChI is InChI=1S/C19H39N3/c1-17(2)15-21-9-6-19(7-10-21)5-8-20-11-13-22(14-12-20)16-18(3)4/h17-19H,5-16H2,1-4H3. The number of hydrogen-bond donors (Lipinski definition) is 0. The zero-order valence-corrected chi connectivity index (χ0v) is 15.6. The number of piperidine rings is 1. The minimum absolute atomic E-state index is 0.808. The Bertz CT molecular complexity index is 257. The second-order valence-electron chi connectivity index (χ2n) is 8.46. The SMILES string of the molecule is CC(C)CN1CCC(CCN2CCN(CC(C)C)CC2)CC1. The van der Waals surface area contributed by atoms with Gasteiger partial charge in [0.05, 0.1) is 0 Å². The second kappa shape index (κ2) is 9.24. The molecule has 2 saturated heterocycles. The predicted molar refractivity (Wildman–Crippen MR) is 96.3 cm³/mol. The summed E-state index contributed by atoms with van der Waals surface area (Å²) in [6.45, 7) is 21.1. The van der Waals surface area contributed by atoms with E-state index in [4.69, 9.17) is 0 Å². The molecule has 0 atom stereocenters. The normalized spacial score (nSPS) is 23.7. The smallest absolute Gasteiger partial charge is 0.0110 e. The maximum atomic E-state index is 2.71. The van der Waals surface area contributed by atoms with E-state index in [9.17, 15) is 0 Å². The van der Waals surface area contributed by atoms with Gasteiger partial charge in [0, 0.05) is 39.3 Å². The van der Waals surface area contributed by atoms with Crippen LogP contribution in [0.25, 0.3) is 0 Å². The fraction of sp³-hybridized carbons (Fsp3) is 1.00. The molecule has 2 fully saturated rings. The molecular formula is C19H39N3. The van der Waals surface area contributed by atoms with E-state index >= 15 is 0 Å². The predicted octanol–water partition coefficient (Wildman–Crippen LogP) is 3.02. The van der Waals surface area contributed by atoms with Crippen molar-refractivity contribution in [3.05, 3.63) is 0 Å². The molecular weight excluding hydrogens is 270 g/mol. The molecule has 3 nitrogen and oxygen atoms in total. The van der Waals surface area contributed by atoms with Gasteiger partial charge in [0.1, 0.15) is 0 Å². The summed E-state index contributed by atoms with van der Waals surface area (Å²) in [5.41, 5.74) is 0. The van der Waals surface area contributed by atoms with Crippen LogP contribution < -0.4 is 0 Å². The summed E-state index contributed by atoms with van der Waals surface area (Å²) in [6.07, 6.45) is 4.29. The Morgan fingerprint density at radius 3 is 1.64 bits per heavy atom. The van der Waals surface area contributed by atoms with E-state index in [-0.39, 0.29) is 0 Å². The molecule has 2 aliphatic heterocycles. The van der Waals surface area contributed by atoms with Gasteiger partial charge in [-0.1, -0.05) is 27.7 Å². The largest absolute Gasteiger partial charge is 0.303 e. The van der Waals surface area contributed by atoms with Gasteiger partial charge in [-0.05, 0) is 56.7 Å². The van der Waals surface area contributed by atoms with Crippen molar-refractivity contribution >= 4 is 0 Å². The van der Waals surface area contributed by atoms with Gasteiger partial charge in [0.15, 0.2) is 0 Å². The summed E-state index contributed by atoms with van der Waals surface area (Å²) in [7, 11) is 0. The van der Waals surface area contributed by atoms with E-state index in [0.717, 1.165) is 17.8 Å². The van der Waals surface area contributed by atoms with Crippen LogP contribution >= 0.6 is 0 Å². The Morgan fingerprint density at radius 2 is 1.14 bits per heavy atom. The highest BCUT2D eigenvalue weighted by Crippen LogP contribution is 2.21. The van der Waals surface area contributed by atoms with Crippen LogP contribution in [0.5, 0.6) is 0 Å². The molecule has 0 aromatic carbocycles. The number of rotatable bonds is 7. The molecule has 0 spiro atoms. The van der Waals surface area contributed by atoms with Gasteiger partial charge in [-0.15, -0.1) is 0 Å². The zero-order chi connectivity index (χ0) is 15.9. The van der Waals surface area contributed by atoms with E-state index in [1.807, 2.05) is 0 Å². The van der Waals surface area contributed by atoms with Gasteiger partial charge in [-0.3, -0.25) is 0 Å². The average Bonchev–Trinajstić information content (AvgIpc) is 2.47. The van der Waals surface area contributed by atoms with Gasteiger partial charge in [-0.2, -0.15) is 0 Å². The summed E-state index contributed by atoms with van der Waals surface area (Å²) >= 11 is 0. The fourth-order valence-electron chi connectivity index (χ4n) is 4.05. The third kappa shape index (κ3) is 6.55. The van der Waals surface area contributed by atoms with Crippen molar-refractivity contribution in [3.63, 3.8) is 0 Å². The van der Waals surface area contributed by atoms with Crippen LogP contribution in [0.3, 0.4) is 0 Å². The maximum Gasteiger partial charge on any atom is 0.0110 e. The Labute approximate surface area is 139 Å². The summed E-state index contributed by atoms with van der Waals surface area (Å²) in [5, 5.41) is 0. The van der Waals surface area contributed by atoms with Gasteiger partial charge < -0.3 is 14.7 Å². The summed E-state index contributed by atoms with van der Waals surface area (Å²) in [4.78, 5) is 8.02. The van der Waals surface area contributed by atoms with Crippen molar-refractivity contribution in [1.82, 2.24) is 14.7 Å². The van der Waals surface area contributed by atoms with Crippen LogP contribution in [0.15, 0.2) is 0 Å². The molecule has 0 aromatic heterocycles. The van der Waals surface area contributed by atoms with Crippen molar-refractivity contribution < 1.29 is 0 Å². The average molecular weight is 310 g/mol. The molecule has 0 radical (unpaired) electrons. The second-order valence-corrected chi connectivity index (χ2v) is 8.46. The molecule has 0 aliphatic carbocycles. The van der Waals surface area contributed by atoms with E-state index in [1.165, 1.54) is 78.2 Å². The molecule has 2 aliphatic rings. The van der Waals surface area contributed by atoms with Crippen molar-refractivity contribution in [2.24, 2.45) is 17.8 Å². The topological polar surface area (TPSA) is 9.72 Å². The van der Waals surface area contributed by atoms with Crippen LogP contribution in [0.4, 0.5) is 0 Å². The van der Waals surface area contributed by atoms with Gasteiger partial charge in [0.2, 0.25) is 0 Å². The number of likely N-dealkylation sites (tertiary alicyclic amines) is 1. The first kappa shape index (κ1) is 18.2. The minimum atomic E-state index is 0.808. The van der Waals surface area contributed by atoms with Crippen LogP contribution in [0.2, 0.25) is 0 Å². The molecule has 0 amide bonds. The number of nitrogens with zero attached hydrogens (tertiary/aromatic N) is 3. The minimum Gasteiger partial charge on any atom is -0.303 e. The van der Waals surface area contributed by atoms with Crippen LogP contribution in [-0.2, 0) is 0 Å². The molecule has 0 saturated carbocycles. The van der Waals surface area contributed by atoms with Crippen molar-refractivity contribution in [2.45, 2.75) is 47.0 Å². The molecule has 22 heavy (non-hydrogen) atoms. The Kier molecular flexibility index (Phi) is 7.66. The van der Waals surface area contributed by atoms with Crippen molar-refractivity contribution in [2.75, 3.05) is 58.9 Å². The maximum absolute atomic E-state index is 2.71. The molecule has 0 N–H and O–H groups in total. The Hall–Kier alpha value is -0.120. The lowest BCUT2D eigenvalue weighted by molar-refractivity contribution is 0.107. The first-order valence-electron chi connectivity index (χ1n) is 9.70. The van der Waals surface area contributed by atoms with Crippen LogP contribution in [0.1, 0.15) is 47.0 Å². The molecule has 0 bridgehead atoms. The fourth-order valence-corrected chi connectivity index (χ4v) is 4.05. The van der Waals surface area contributed by atoms with E-state index in [2.05, 4.69) is 42.4 Å². The molecule has 0 aromatic rings. The van der Waals surface area contributed by atoms with Crippen LogP contribution in [0, 0.1) is 17.8 Å². The highest BCUT2D eigenvalue weighted by atomic mass is 15.3. The summed E-state index contributed by atoms with van der Waals surface area (Å²) < 4.78 is 0. The van der Waals surface area contributed by atoms with Gasteiger partial charge >= 0.3 is 0 Å². The lowest BCUT2D eigenvalue weighted by Crippen LogP contribution is -2.48. The van der Waals surface area contributed by atoms with E-state index in [1.54, 1.807) is 0 Å².